The normalized spacial score (nSPS) is 10.7. The third-order valence-electron chi connectivity index (χ3n) is 2.55. The van der Waals surface area contributed by atoms with Crippen molar-refractivity contribution in [1.82, 2.24) is 0 Å². The predicted octanol–water partition coefficient (Wildman–Crippen LogP) is 3.73. The molecule has 0 saturated carbocycles. The first-order valence-corrected chi connectivity index (χ1v) is 7.66. The van der Waals surface area contributed by atoms with Crippen molar-refractivity contribution in [2.75, 3.05) is 12.5 Å². The van der Waals surface area contributed by atoms with Crippen molar-refractivity contribution >= 4 is 10.9 Å². The Balaban J connectivity index is 2.41. The van der Waals surface area contributed by atoms with E-state index in [1.54, 1.807) is 0 Å². The molecule has 0 N–H and O–H groups in total. The van der Waals surface area contributed by atoms with Crippen LogP contribution in [0.4, 0.5) is 0 Å². The molecule has 0 aromatic heterocycles. The fourth-order valence-electron chi connectivity index (χ4n) is 1.86. The largest absolute Gasteiger partial charge is 0.133 e. The van der Waals surface area contributed by atoms with Crippen LogP contribution in [0.25, 0.3) is 11.1 Å². The molecule has 0 spiro atoms. The Morgan fingerprint density at radius 3 is 2.12 bits per heavy atom. The van der Waals surface area contributed by atoms with Crippen molar-refractivity contribution < 1.29 is 0 Å². The average Bonchev–Trinajstić information content (AvgIpc) is 2.30. The highest BCUT2D eigenvalue weighted by Gasteiger charge is 2.10. The van der Waals surface area contributed by atoms with E-state index in [0.717, 1.165) is 0 Å². The van der Waals surface area contributed by atoms with Crippen LogP contribution in [0.15, 0.2) is 54.6 Å². The molecule has 0 aliphatic heterocycles. The zero-order valence-electron chi connectivity index (χ0n) is 9.81. The van der Waals surface area contributed by atoms with Crippen LogP contribution < -0.4 is 0 Å². The minimum atomic E-state index is 0.449. The van der Waals surface area contributed by atoms with Gasteiger partial charge in [-0.1, -0.05) is 54.6 Å². The standard InChI is InChI=1S/C15H17S/c1-16(2)12-14-10-6-7-11-15(14)13-8-4-3-5-9-13/h3-11H,12H2,1-2H3/q+1. The summed E-state index contributed by atoms with van der Waals surface area (Å²) in [6.07, 6.45) is 4.59. The van der Waals surface area contributed by atoms with Gasteiger partial charge in [0.1, 0.15) is 5.75 Å². The van der Waals surface area contributed by atoms with Crippen LogP contribution >= 0.6 is 0 Å². The maximum atomic E-state index is 2.29. The Labute approximate surface area is 101 Å². The van der Waals surface area contributed by atoms with Gasteiger partial charge in [-0.15, -0.1) is 0 Å². The Morgan fingerprint density at radius 2 is 1.44 bits per heavy atom. The van der Waals surface area contributed by atoms with Crippen LogP contribution in [0, 0.1) is 0 Å². The van der Waals surface area contributed by atoms with Gasteiger partial charge >= 0.3 is 0 Å². The van der Waals surface area contributed by atoms with Gasteiger partial charge in [0.25, 0.3) is 0 Å². The molecule has 2 rings (SSSR count). The zero-order valence-corrected chi connectivity index (χ0v) is 10.6. The highest BCUT2D eigenvalue weighted by Crippen LogP contribution is 2.24. The molecule has 0 saturated heterocycles. The van der Waals surface area contributed by atoms with Gasteiger partial charge in [0.2, 0.25) is 0 Å². The zero-order chi connectivity index (χ0) is 11.4. The molecule has 0 radical (unpaired) electrons. The molecule has 0 atom stereocenters. The van der Waals surface area contributed by atoms with Crippen molar-refractivity contribution in [2.45, 2.75) is 5.75 Å². The summed E-state index contributed by atoms with van der Waals surface area (Å²) in [5, 5.41) is 0. The summed E-state index contributed by atoms with van der Waals surface area (Å²) in [5.41, 5.74) is 4.16. The summed E-state index contributed by atoms with van der Waals surface area (Å²) in [7, 11) is 0.449. The summed E-state index contributed by atoms with van der Waals surface area (Å²) in [6.45, 7) is 0. The summed E-state index contributed by atoms with van der Waals surface area (Å²) in [6, 6.07) is 19.4. The topological polar surface area (TPSA) is 0 Å². The molecule has 16 heavy (non-hydrogen) atoms. The highest BCUT2D eigenvalue weighted by atomic mass is 32.2. The van der Waals surface area contributed by atoms with Crippen molar-refractivity contribution in [3.63, 3.8) is 0 Å². The van der Waals surface area contributed by atoms with Gasteiger partial charge < -0.3 is 0 Å². The van der Waals surface area contributed by atoms with Gasteiger partial charge in [-0.05, 0) is 22.0 Å². The summed E-state index contributed by atoms with van der Waals surface area (Å²) < 4.78 is 0. The number of hydrogen-bond donors (Lipinski definition) is 0. The van der Waals surface area contributed by atoms with Crippen LogP contribution in [0.1, 0.15) is 5.56 Å². The van der Waals surface area contributed by atoms with E-state index in [1.807, 2.05) is 0 Å². The van der Waals surface area contributed by atoms with E-state index in [1.165, 1.54) is 22.4 Å². The van der Waals surface area contributed by atoms with E-state index in [9.17, 15) is 0 Å². The van der Waals surface area contributed by atoms with Crippen LogP contribution in [-0.4, -0.2) is 12.5 Å². The maximum absolute atomic E-state index is 2.29. The SMILES string of the molecule is C[S+](C)Cc1ccccc1-c1ccccc1. The first kappa shape index (κ1) is 11.3. The minimum Gasteiger partial charge on any atom is -0.0622 e. The van der Waals surface area contributed by atoms with Crippen molar-refractivity contribution in [1.29, 1.82) is 0 Å². The van der Waals surface area contributed by atoms with Crippen LogP contribution in [0.5, 0.6) is 0 Å². The van der Waals surface area contributed by atoms with E-state index in [-0.39, 0.29) is 0 Å². The fourth-order valence-corrected chi connectivity index (χ4v) is 2.73. The summed E-state index contributed by atoms with van der Waals surface area (Å²) >= 11 is 0. The van der Waals surface area contributed by atoms with Crippen molar-refractivity contribution in [2.24, 2.45) is 0 Å². The Hall–Kier alpha value is -1.21. The number of hydrogen-bond acceptors (Lipinski definition) is 0. The molecular weight excluding hydrogens is 212 g/mol. The first-order valence-electron chi connectivity index (χ1n) is 5.45. The molecule has 0 fully saturated rings. The summed E-state index contributed by atoms with van der Waals surface area (Å²) in [4.78, 5) is 0. The van der Waals surface area contributed by atoms with E-state index < -0.39 is 0 Å². The molecule has 1 heteroatoms. The fraction of sp³-hybridized carbons (Fsp3) is 0.200. The predicted molar refractivity (Wildman–Crippen MR) is 74.8 cm³/mol. The second kappa shape index (κ2) is 5.22. The molecule has 0 aliphatic rings. The molecular formula is C15H17S+. The van der Waals surface area contributed by atoms with E-state index in [2.05, 4.69) is 67.1 Å². The Morgan fingerprint density at radius 1 is 0.812 bits per heavy atom. The van der Waals surface area contributed by atoms with E-state index in [0.29, 0.717) is 10.9 Å². The summed E-state index contributed by atoms with van der Waals surface area (Å²) in [5.74, 6) is 1.17. The molecule has 0 nitrogen and oxygen atoms in total. The smallest absolute Gasteiger partial charge is 0.0622 e. The molecule has 82 valence electrons. The maximum Gasteiger partial charge on any atom is 0.133 e. The quantitative estimate of drug-likeness (QED) is 0.703. The Kier molecular flexibility index (Phi) is 3.68. The molecule has 2 aromatic carbocycles. The number of benzene rings is 2. The Bertz CT molecular complexity index is 446. The third kappa shape index (κ3) is 2.67. The average molecular weight is 229 g/mol. The van der Waals surface area contributed by atoms with Gasteiger partial charge in [-0.25, -0.2) is 0 Å². The second-order valence-corrected chi connectivity index (χ2v) is 6.41. The lowest BCUT2D eigenvalue weighted by molar-refractivity contribution is 1.40. The lowest BCUT2D eigenvalue weighted by Gasteiger charge is -2.07. The lowest BCUT2D eigenvalue weighted by Crippen LogP contribution is -2.00. The van der Waals surface area contributed by atoms with Crippen LogP contribution in [-0.2, 0) is 16.6 Å². The van der Waals surface area contributed by atoms with Gasteiger partial charge in [0, 0.05) is 5.56 Å². The van der Waals surface area contributed by atoms with E-state index in [4.69, 9.17) is 0 Å². The molecule has 0 heterocycles. The molecule has 0 aliphatic carbocycles. The minimum absolute atomic E-state index is 0.449. The second-order valence-electron chi connectivity index (χ2n) is 4.15. The number of rotatable bonds is 3. The molecule has 0 amide bonds. The monoisotopic (exact) mass is 229 g/mol. The van der Waals surface area contributed by atoms with Gasteiger partial charge in [0.15, 0.2) is 0 Å². The molecule has 2 aromatic rings. The van der Waals surface area contributed by atoms with Gasteiger partial charge in [-0.3, -0.25) is 0 Å². The van der Waals surface area contributed by atoms with Crippen LogP contribution in [0.3, 0.4) is 0 Å². The third-order valence-corrected chi connectivity index (χ3v) is 3.43. The highest BCUT2D eigenvalue weighted by molar-refractivity contribution is 7.94. The first-order chi connectivity index (χ1) is 7.77. The van der Waals surface area contributed by atoms with Gasteiger partial charge in [0.05, 0.1) is 12.5 Å². The molecule has 0 bridgehead atoms. The van der Waals surface area contributed by atoms with E-state index >= 15 is 0 Å². The lowest BCUT2D eigenvalue weighted by atomic mass is 10.0. The molecule has 0 unspecified atom stereocenters. The van der Waals surface area contributed by atoms with Crippen molar-refractivity contribution in [3.8, 4) is 11.1 Å². The van der Waals surface area contributed by atoms with Gasteiger partial charge in [-0.2, -0.15) is 0 Å². The van der Waals surface area contributed by atoms with Crippen LogP contribution in [0.2, 0.25) is 0 Å². The van der Waals surface area contributed by atoms with Crippen molar-refractivity contribution in [3.05, 3.63) is 60.2 Å².